The highest BCUT2D eigenvalue weighted by atomic mass is 16.5. The Labute approximate surface area is 120 Å². The summed E-state index contributed by atoms with van der Waals surface area (Å²) in [6, 6.07) is 10.8. The molecule has 0 fully saturated rings. The van der Waals surface area contributed by atoms with E-state index in [9.17, 15) is 5.21 Å². The van der Waals surface area contributed by atoms with Crippen molar-refractivity contribution < 1.29 is 5.21 Å². The van der Waals surface area contributed by atoms with E-state index in [-0.39, 0.29) is 11.8 Å². The zero-order valence-corrected chi connectivity index (χ0v) is 11.1. The smallest absolute Gasteiger partial charge is 0.238 e. The number of nitrogens with one attached hydrogen (secondary N) is 2. The van der Waals surface area contributed by atoms with Crippen molar-refractivity contribution in [2.24, 2.45) is 5.73 Å². The number of benzene rings is 1. The van der Waals surface area contributed by atoms with Gasteiger partial charge in [-0.1, -0.05) is 12.1 Å². The van der Waals surface area contributed by atoms with Crippen LogP contribution in [-0.2, 0) is 6.54 Å². The van der Waals surface area contributed by atoms with E-state index in [2.05, 4.69) is 15.3 Å². The molecule has 0 atom stereocenters. The number of nitrogens with two attached hydrogens (primary N) is 1. The molecule has 2 heterocycles. The van der Waals surface area contributed by atoms with Crippen molar-refractivity contribution in [1.29, 1.82) is 5.41 Å². The summed E-state index contributed by atoms with van der Waals surface area (Å²) in [5, 5.41) is 20.8. The highest BCUT2D eigenvalue weighted by molar-refractivity contribution is 6.06. The second-order valence-electron chi connectivity index (χ2n) is 4.51. The van der Waals surface area contributed by atoms with Crippen LogP contribution in [0.1, 0.15) is 11.3 Å². The van der Waals surface area contributed by atoms with E-state index < -0.39 is 0 Å². The van der Waals surface area contributed by atoms with Gasteiger partial charge in [0.1, 0.15) is 11.4 Å². The molecule has 0 unspecified atom stereocenters. The summed E-state index contributed by atoms with van der Waals surface area (Å²) >= 11 is 0. The summed E-state index contributed by atoms with van der Waals surface area (Å²) < 4.78 is 0.912. The molecule has 3 rings (SSSR count). The number of aromatic nitrogens is 3. The number of nitrogens with zero attached hydrogens (tertiary/aromatic N) is 3. The Morgan fingerprint density at radius 2 is 2.14 bits per heavy atom. The zero-order valence-electron chi connectivity index (χ0n) is 11.1. The van der Waals surface area contributed by atoms with Crippen molar-refractivity contribution in [1.82, 2.24) is 14.7 Å². The number of pyridine rings is 1. The first-order valence-electron chi connectivity index (χ1n) is 6.35. The van der Waals surface area contributed by atoms with Gasteiger partial charge in [0.05, 0.1) is 17.8 Å². The fourth-order valence-electron chi connectivity index (χ4n) is 2.12. The summed E-state index contributed by atoms with van der Waals surface area (Å²) in [5.74, 6) is 0.163. The quantitative estimate of drug-likeness (QED) is 0.329. The topological polar surface area (TPSA) is 113 Å². The SMILES string of the molecule is N=C(N)c1cccc2nc(NCc3ccccn3)n(O)c12. The number of amidine groups is 1. The molecule has 0 saturated heterocycles. The van der Waals surface area contributed by atoms with Gasteiger partial charge in [-0.25, -0.2) is 4.98 Å². The van der Waals surface area contributed by atoms with Crippen LogP contribution >= 0.6 is 0 Å². The monoisotopic (exact) mass is 282 g/mol. The standard InChI is InChI=1S/C14H14N6O/c15-13(16)10-5-3-6-11-12(10)20(21)14(19-11)18-8-9-4-1-2-7-17-9/h1-7,21H,8H2,(H3,15,16)(H,18,19). The van der Waals surface area contributed by atoms with Crippen LogP contribution in [0.15, 0.2) is 42.6 Å². The largest absolute Gasteiger partial charge is 0.425 e. The number of hydrogen-bond donors (Lipinski definition) is 4. The summed E-state index contributed by atoms with van der Waals surface area (Å²) in [5.41, 5.74) is 7.77. The highest BCUT2D eigenvalue weighted by Gasteiger charge is 2.14. The normalized spacial score (nSPS) is 10.7. The van der Waals surface area contributed by atoms with Gasteiger partial charge in [-0.05, 0) is 24.3 Å². The lowest BCUT2D eigenvalue weighted by Gasteiger charge is -2.05. The van der Waals surface area contributed by atoms with Gasteiger partial charge in [0.15, 0.2) is 0 Å². The minimum atomic E-state index is -0.118. The number of fused-ring (bicyclic) bond motifs is 1. The van der Waals surface area contributed by atoms with Crippen LogP contribution in [0.5, 0.6) is 0 Å². The minimum Gasteiger partial charge on any atom is -0.425 e. The van der Waals surface area contributed by atoms with E-state index in [1.165, 1.54) is 0 Å². The van der Waals surface area contributed by atoms with Gasteiger partial charge in [-0.2, -0.15) is 0 Å². The molecule has 0 amide bonds. The molecule has 0 saturated carbocycles. The summed E-state index contributed by atoms with van der Waals surface area (Å²) in [4.78, 5) is 8.48. The molecule has 0 aliphatic heterocycles. The van der Waals surface area contributed by atoms with Gasteiger partial charge < -0.3 is 16.3 Å². The van der Waals surface area contributed by atoms with Crippen LogP contribution < -0.4 is 11.1 Å². The fraction of sp³-hybridized carbons (Fsp3) is 0.0714. The second-order valence-corrected chi connectivity index (χ2v) is 4.51. The van der Waals surface area contributed by atoms with Gasteiger partial charge in [0.2, 0.25) is 5.95 Å². The second kappa shape index (κ2) is 5.12. The first kappa shape index (κ1) is 12.9. The third kappa shape index (κ3) is 2.36. The molecule has 7 nitrogen and oxygen atoms in total. The molecule has 0 radical (unpaired) electrons. The predicted octanol–water partition coefficient (Wildman–Crippen LogP) is 1.56. The van der Waals surface area contributed by atoms with Crippen molar-refractivity contribution >= 4 is 22.8 Å². The number of rotatable bonds is 4. The fourth-order valence-corrected chi connectivity index (χ4v) is 2.12. The molecule has 106 valence electrons. The van der Waals surface area contributed by atoms with Crippen molar-refractivity contribution in [3.63, 3.8) is 0 Å². The lowest BCUT2D eigenvalue weighted by atomic mass is 10.2. The van der Waals surface area contributed by atoms with E-state index >= 15 is 0 Å². The van der Waals surface area contributed by atoms with Gasteiger partial charge in [-0.15, -0.1) is 4.73 Å². The Balaban J connectivity index is 1.95. The first-order chi connectivity index (χ1) is 10.2. The summed E-state index contributed by atoms with van der Waals surface area (Å²) in [6.07, 6.45) is 1.70. The Bertz CT molecular complexity index is 796. The predicted molar refractivity (Wildman–Crippen MR) is 79.5 cm³/mol. The third-order valence-corrected chi connectivity index (χ3v) is 3.10. The molecule has 0 aliphatic carbocycles. The van der Waals surface area contributed by atoms with E-state index in [1.54, 1.807) is 24.4 Å². The van der Waals surface area contributed by atoms with Gasteiger partial charge in [-0.3, -0.25) is 10.4 Å². The van der Waals surface area contributed by atoms with E-state index in [4.69, 9.17) is 11.1 Å². The van der Waals surface area contributed by atoms with Crippen molar-refractivity contribution in [2.45, 2.75) is 6.54 Å². The number of anilines is 1. The Morgan fingerprint density at radius 1 is 1.29 bits per heavy atom. The molecule has 7 heteroatoms. The minimum absolute atomic E-state index is 0.118. The first-order valence-corrected chi connectivity index (χ1v) is 6.35. The zero-order chi connectivity index (χ0) is 14.8. The van der Waals surface area contributed by atoms with Crippen LogP contribution in [-0.4, -0.2) is 25.7 Å². The third-order valence-electron chi connectivity index (χ3n) is 3.10. The molecule has 3 aromatic rings. The molecule has 0 aliphatic rings. The number of nitrogen functional groups attached to an aromatic ring is 1. The molecule has 21 heavy (non-hydrogen) atoms. The van der Waals surface area contributed by atoms with Crippen LogP contribution in [0.4, 0.5) is 5.95 Å². The molecule has 1 aromatic carbocycles. The Hall–Kier alpha value is -3.09. The average molecular weight is 282 g/mol. The Morgan fingerprint density at radius 3 is 2.86 bits per heavy atom. The van der Waals surface area contributed by atoms with Gasteiger partial charge in [0.25, 0.3) is 0 Å². The van der Waals surface area contributed by atoms with Crippen LogP contribution in [0.2, 0.25) is 0 Å². The van der Waals surface area contributed by atoms with Crippen LogP contribution in [0.3, 0.4) is 0 Å². The van der Waals surface area contributed by atoms with E-state index in [1.807, 2.05) is 18.2 Å². The van der Waals surface area contributed by atoms with E-state index in [0.29, 0.717) is 23.1 Å². The number of para-hydroxylation sites is 1. The molecule has 2 aromatic heterocycles. The Kier molecular flexibility index (Phi) is 3.15. The van der Waals surface area contributed by atoms with Crippen molar-refractivity contribution in [3.05, 3.63) is 53.9 Å². The molecular weight excluding hydrogens is 268 g/mol. The van der Waals surface area contributed by atoms with Crippen LogP contribution in [0.25, 0.3) is 11.0 Å². The molecule has 5 N–H and O–H groups in total. The molecular formula is C14H14N6O. The molecule has 0 bridgehead atoms. The maximum absolute atomic E-state index is 10.2. The summed E-state index contributed by atoms with van der Waals surface area (Å²) in [7, 11) is 0. The van der Waals surface area contributed by atoms with Crippen molar-refractivity contribution in [2.75, 3.05) is 5.32 Å². The number of hydrogen-bond acceptors (Lipinski definition) is 5. The summed E-state index contributed by atoms with van der Waals surface area (Å²) in [6.45, 7) is 0.431. The number of imidazole rings is 1. The lowest BCUT2D eigenvalue weighted by Crippen LogP contribution is -2.13. The molecule has 0 spiro atoms. The van der Waals surface area contributed by atoms with Crippen molar-refractivity contribution in [3.8, 4) is 0 Å². The lowest BCUT2D eigenvalue weighted by molar-refractivity contribution is 0.203. The maximum atomic E-state index is 10.2. The van der Waals surface area contributed by atoms with Crippen LogP contribution in [0, 0.1) is 5.41 Å². The average Bonchev–Trinajstić information content (AvgIpc) is 2.83. The van der Waals surface area contributed by atoms with Gasteiger partial charge in [0, 0.05) is 11.8 Å². The maximum Gasteiger partial charge on any atom is 0.238 e. The van der Waals surface area contributed by atoms with E-state index in [0.717, 1.165) is 10.4 Å². The van der Waals surface area contributed by atoms with Gasteiger partial charge >= 0.3 is 0 Å². The highest BCUT2D eigenvalue weighted by Crippen LogP contribution is 2.21.